The fraction of sp³-hybridized carbons (Fsp3) is 1.00. The quantitative estimate of drug-likeness (QED) is 0.517. The summed E-state index contributed by atoms with van der Waals surface area (Å²) in [6.07, 6.45) is 2.16. The molecule has 3 nitrogen and oxygen atoms in total. The third-order valence-electron chi connectivity index (χ3n) is 1.38. The van der Waals surface area contributed by atoms with Crippen molar-refractivity contribution in [3.8, 4) is 0 Å². The van der Waals surface area contributed by atoms with Crippen molar-refractivity contribution in [2.24, 2.45) is 5.73 Å². The van der Waals surface area contributed by atoms with E-state index in [1.165, 1.54) is 0 Å². The van der Waals surface area contributed by atoms with E-state index in [-0.39, 0.29) is 6.04 Å². The van der Waals surface area contributed by atoms with E-state index in [1.807, 2.05) is 7.05 Å². The standard InChI is InChI=1S/C7H18N2O/c1-9-5-3-4-7(8)6-10-2/h7,9H,3-6,8H2,1-2H3. The molecule has 0 aromatic carbocycles. The Kier molecular flexibility index (Phi) is 6.91. The summed E-state index contributed by atoms with van der Waals surface area (Å²) in [5.74, 6) is 0. The van der Waals surface area contributed by atoms with Crippen LogP contribution in [-0.2, 0) is 4.74 Å². The molecular weight excluding hydrogens is 128 g/mol. The van der Waals surface area contributed by atoms with E-state index in [1.54, 1.807) is 7.11 Å². The van der Waals surface area contributed by atoms with Gasteiger partial charge in [-0.05, 0) is 26.4 Å². The minimum Gasteiger partial charge on any atom is -0.383 e. The van der Waals surface area contributed by atoms with E-state index in [0.717, 1.165) is 19.4 Å². The second-order valence-corrected chi connectivity index (χ2v) is 2.46. The van der Waals surface area contributed by atoms with Gasteiger partial charge in [0.1, 0.15) is 0 Å². The number of ether oxygens (including phenoxy) is 1. The molecule has 0 aliphatic carbocycles. The van der Waals surface area contributed by atoms with Gasteiger partial charge in [0.25, 0.3) is 0 Å². The van der Waals surface area contributed by atoms with E-state index in [0.29, 0.717) is 6.61 Å². The Hall–Kier alpha value is -0.120. The number of rotatable bonds is 6. The molecule has 0 saturated carbocycles. The first-order valence-electron chi connectivity index (χ1n) is 3.70. The SMILES string of the molecule is CNCCCC(N)COC. The maximum absolute atomic E-state index is 5.67. The number of nitrogens with one attached hydrogen (secondary N) is 1. The Morgan fingerprint density at radius 1 is 1.60 bits per heavy atom. The van der Waals surface area contributed by atoms with E-state index in [9.17, 15) is 0 Å². The lowest BCUT2D eigenvalue weighted by atomic mass is 10.2. The Labute approximate surface area is 62.9 Å². The van der Waals surface area contributed by atoms with Gasteiger partial charge < -0.3 is 15.8 Å². The van der Waals surface area contributed by atoms with Crippen LogP contribution >= 0.6 is 0 Å². The predicted molar refractivity (Wildman–Crippen MR) is 43.0 cm³/mol. The third kappa shape index (κ3) is 6.01. The molecule has 0 saturated heterocycles. The molecule has 0 amide bonds. The summed E-state index contributed by atoms with van der Waals surface area (Å²) in [6.45, 7) is 1.71. The average molecular weight is 146 g/mol. The van der Waals surface area contributed by atoms with Gasteiger partial charge in [0, 0.05) is 13.2 Å². The summed E-state index contributed by atoms with van der Waals surface area (Å²) in [5, 5.41) is 3.07. The topological polar surface area (TPSA) is 47.3 Å². The highest BCUT2D eigenvalue weighted by Crippen LogP contribution is 1.92. The van der Waals surface area contributed by atoms with Gasteiger partial charge in [-0.15, -0.1) is 0 Å². The van der Waals surface area contributed by atoms with Crippen LogP contribution in [0.1, 0.15) is 12.8 Å². The van der Waals surface area contributed by atoms with Crippen molar-refractivity contribution in [2.75, 3.05) is 27.3 Å². The molecule has 0 rings (SSSR count). The Bertz CT molecular complexity index is 68.6. The summed E-state index contributed by atoms with van der Waals surface area (Å²) in [5.41, 5.74) is 5.67. The van der Waals surface area contributed by atoms with Gasteiger partial charge in [0.15, 0.2) is 0 Å². The molecule has 3 N–H and O–H groups in total. The van der Waals surface area contributed by atoms with E-state index >= 15 is 0 Å². The second-order valence-electron chi connectivity index (χ2n) is 2.46. The largest absolute Gasteiger partial charge is 0.383 e. The second kappa shape index (κ2) is 6.99. The molecule has 0 fully saturated rings. The first kappa shape index (κ1) is 9.88. The number of hydrogen-bond acceptors (Lipinski definition) is 3. The van der Waals surface area contributed by atoms with Gasteiger partial charge in [0.2, 0.25) is 0 Å². The van der Waals surface area contributed by atoms with Gasteiger partial charge >= 0.3 is 0 Å². The summed E-state index contributed by atoms with van der Waals surface area (Å²) in [7, 11) is 3.62. The highest BCUT2D eigenvalue weighted by atomic mass is 16.5. The van der Waals surface area contributed by atoms with Gasteiger partial charge in [-0.25, -0.2) is 0 Å². The van der Waals surface area contributed by atoms with Gasteiger partial charge in [-0.1, -0.05) is 0 Å². The molecular formula is C7H18N2O. The summed E-state index contributed by atoms with van der Waals surface area (Å²) in [4.78, 5) is 0. The number of methoxy groups -OCH3 is 1. The van der Waals surface area contributed by atoms with Gasteiger partial charge in [-0.3, -0.25) is 0 Å². The molecule has 0 radical (unpaired) electrons. The fourth-order valence-corrected chi connectivity index (χ4v) is 0.838. The molecule has 1 atom stereocenters. The van der Waals surface area contributed by atoms with Crippen molar-refractivity contribution in [2.45, 2.75) is 18.9 Å². The van der Waals surface area contributed by atoms with E-state index < -0.39 is 0 Å². The minimum absolute atomic E-state index is 0.207. The van der Waals surface area contributed by atoms with Crippen LogP contribution in [0, 0.1) is 0 Å². The number of nitrogens with two attached hydrogens (primary N) is 1. The van der Waals surface area contributed by atoms with Crippen molar-refractivity contribution in [3.05, 3.63) is 0 Å². The van der Waals surface area contributed by atoms with Crippen LogP contribution in [0.15, 0.2) is 0 Å². The van der Waals surface area contributed by atoms with E-state index in [2.05, 4.69) is 5.32 Å². The third-order valence-corrected chi connectivity index (χ3v) is 1.38. The molecule has 0 spiro atoms. The minimum atomic E-state index is 0.207. The van der Waals surface area contributed by atoms with Crippen LogP contribution in [0.5, 0.6) is 0 Å². The van der Waals surface area contributed by atoms with Crippen molar-refractivity contribution in [1.29, 1.82) is 0 Å². The summed E-state index contributed by atoms with van der Waals surface area (Å²) >= 11 is 0. The Balaban J connectivity index is 2.97. The molecule has 3 heteroatoms. The maximum Gasteiger partial charge on any atom is 0.0613 e. The fourth-order valence-electron chi connectivity index (χ4n) is 0.838. The highest BCUT2D eigenvalue weighted by molar-refractivity contribution is 4.59. The molecule has 0 aromatic rings. The van der Waals surface area contributed by atoms with Crippen molar-refractivity contribution >= 4 is 0 Å². The highest BCUT2D eigenvalue weighted by Gasteiger charge is 1.99. The molecule has 1 unspecified atom stereocenters. The smallest absolute Gasteiger partial charge is 0.0613 e. The van der Waals surface area contributed by atoms with Gasteiger partial charge in [0.05, 0.1) is 6.61 Å². The Morgan fingerprint density at radius 3 is 2.80 bits per heavy atom. The monoisotopic (exact) mass is 146 g/mol. The molecule has 62 valence electrons. The van der Waals surface area contributed by atoms with Crippen LogP contribution in [0.4, 0.5) is 0 Å². The predicted octanol–water partition coefficient (Wildman–Crippen LogP) is -0.0403. The molecule has 0 aromatic heterocycles. The maximum atomic E-state index is 5.67. The van der Waals surface area contributed by atoms with Gasteiger partial charge in [-0.2, -0.15) is 0 Å². The molecule has 0 aliphatic rings. The van der Waals surface area contributed by atoms with Crippen LogP contribution < -0.4 is 11.1 Å². The van der Waals surface area contributed by atoms with Crippen LogP contribution in [0.2, 0.25) is 0 Å². The average Bonchev–Trinajstić information content (AvgIpc) is 1.89. The summed E-state index contributed by atoms with van der Waals surface area (Å²) < 4.78 is 4.89. The molecule has 10 heavy (non-hydrogen) atoms. The lowest BCUT2D eigenvalue weighted by Gasteiger charge is -2.08. The number of hydrogen-bond donors (Lipinski definition) is 2. The molecule has 0 bridgehead atoms. The lowest BCUT2D eigenvalue weighted by molar-refractivity contribution is 0.176. The van der Waals surface area contributed by atoms with Crippen molar-refractivity contribution < 1.29 is 4.74 Å². The zero-order valence-electron chi connectivity index (χ0n) is 6.89. The molecule has 0 aliphatic heterocycles. The van der Waals surface area contributed by atoms with Crippen molar-refractivity contribution in [1.82, 2.24) is 5.32 Å². The first-order chi connectivity index (χ1) is 4.81. The summed E-state index contributed by atoms with van der Waals surface area (Å²) in [6, 6.07) is 0.207. The zero-order valence-corrected chi connectivity index (χ0v) is 6.89. The first-order valence-corrected chi connectivity index (χ1v) is 3.70. The van der Waals surface area contributed by atoms with Crippen LogP contribution in [0.3, 0.4) is 0 Å². The van der Waals surface area contributed by atoms with Crippen LogP contribution in [0.25, 0.3) is 0 Å². The zero-order chi connectivity index (χ0) is 7.82. The van der Waals surface area contributed by atoms with Crippen molar-refractivity contribution in [3.63, 3.8) is 0 Å². The lowest BCUT2D eigenvalue weighted by Crippen LogP contribution is -2.26. The normalized spacial score (nSPS) is 13.5. The Morgan fingerprint density at radius 2 is 2.30 bits per heavy atom. The van der Waals surface area contributed by atoms with E-state index in [4.69, 9.17) is 10.5 Å². The molecule has 0 heterocycles. The van der Waals surface area contributed by atoms with Crippen LogP contribution in [-0.4, -0.2) is 33.4 Å².